The van der Waals surface area contributed by atoms with Crippen molar-refractivity contribution in [2.24, 2.45) is 23.7 Å². The molecule has 1 spiro atoms. The van der Waals surface area contributed by atoms with Crippen LogP contribution in [-0.4, -0.2) is 75.6 Å². The van der Waals surface area contributed by atoms with E-state index in [4.69, 9.17) is 24.0 Å². The van der Waals surface area contributed by atoms with Gasteiger partial charge in [0.05, 0.1) is 12.5 Å². The summed E-state index contributed by atoms with van der Waals surface area (Å²) < 4.78 is 18.2. The summed E-state index contributed by atoms with van der Waals surface area (Å²) in [5.74, 6) is -2.78. The Balaban J connectivity index is 1.24. The van der Waals surface area contributed by atoms with Crippen LogP contribution in [0.5, 0.6) is 0 Å². The smallest absolute Gasteiger partial charge is 0.326 e. The molecule has 5 heterocycles. The molecule has 2 bridgehead atoms. The summed E-state index contributed by atoms with van der Waals surface area (Å²) in [5.41, 5.74) is -0.756. The minimum Gasteiger partial charge on any atom is -0.480 e. The summed E-state index contributed by atoms with van der Waals surface area (Å²) in [5, 5.41) is 19.1. The van der Waals surface area contributed by atoms with Crippen molar-refractivity contribution in [3.8, 4) is 0 Å². The number of carbonyl (C=O) groups is 3. The largest absolute Gasteiger partial charge is 0.480 e. The molecule has 6 aliphatic rings. The van der Waals surface area contributed by atoms with Gasteiger partial charge in [-0.3, -0.25) is 9.59 Å². The predicted octanol–water partition coefficient (Wildman–Crippen LogP) is 1.56. The molecule has 11 heteroatoms. The first-order chi connectivity index (χ1) is 16.5. The number of hydrogen-bond acceptors (Lipinski definition) is 9. The average molecular weight is 498 g/mol. The number of ether oxygens (including phenoxy) is 3. The van der Waals surface area contributed by atoms with Gasteiger partial charge in [0.25, 0.3) is 0 Å². The number of rotatable bonds is 5. The zero-order valence-corrected chi connectivity index (χ0v) is 20.4. The first-order valence-electron chi connectivity index (χ1n) is 12.6. The molecule has 196 valence electrons. The number of aliphatic carboxylic acids is 1. The molecule has 11 nitrogen and oxygen atoms in total. The Kier molecular flexibility index (Phi) is 6.36. The summed E-state index contributed by atoms with van der Waals surface area (Å²) in [6, 6.07) is -1.08. The third-order valence-electron chi connectivity index (χ3n) is 8.77. The predicted molar refractivity (Wildman–Crippen MR) is 116 cm³/mol. The Morgan fingerprint density at radius 2 is 1.86 bits per heavy atom. The van der Waals surface area contributed by atoms with Crippen molar-refractivity contribution in [3.63, 3.8) is 0 Å². The van der Waals surface area contributed by atoms with Crippen LogP contribution >= 0.6 is 0 Å². The van der Waals surface area contributed by atoms with Gasteiger partial charge >= 0.3 is 11.9 Å². The van der Waals surface area contributed by atoms with Gasteiger partial charge < -0.3 is 29.3 Å². The van der Waals surface area contributed by atoms with Crippen LogP contribution in [0.25, 0.3) is 0 Å². The van der Waals surface area contributed by atoms with E-state index in [1.807, 2.05) is 13.8 Å². The minimum atomic E-state index is -1.17. The van der Waals surface area contributed by atoms with Gasteiger partial charge in [-0.25, -0.2) is 14.6 Å². The fraction of sp³-hybridized carbons (Fsp3) is 0.875. The highest BCUT2D eigenvalue weighted by atomic mass is 17.3. The first kappa shape index (κ1) is 24.9. The van der Waals surface area contributed by atoms with Crippen molar-refractivity contribution >= 4 is 17.8 Å². The van der Waals surface area contributed by atoms with Crippen LogP contribution in [0.15, 0.2) is 0 Å². The van der Waals surface area contributed by atoms with E-state index in [0.717, 1.165) is 24.2 Å². The SMILES string of the molecule is C[C@H]1[C@H](OC(=O)CCC(=O)N2CC(O)CC2C(=O)O)O[C@@H]2O[C@]3(C)CC[C@H]4[C@H](C)CC[C@@H]1C24OO3. The number of nitrogens with zero attached hydrogens (tertiary/aromatic N) is 1. The number of esters is 1. The molecule has 2 N–H and O–H groups in total. The maximum absolute atomic E-state index is 12.7. The molecule has 5 aliphatic heterocycles. The van der Waals surface area contributed by atoms with Gasteiger partial charge in [0, 0.05) is 37.6 Å². The molecule has 35 heavy (non-hydrogen) atoms. The quantitative estimate of drug-likeness (QED) is 0.425. The Morgan fingerprint density at radius 3 is 2.60 bits per heavy atom. The molecule has 10 atom stereocenters. The molecule has 6 rings (SSSR count). The summed E-state index contributed by atoms with van der Waals surface area (Å²) >= 11 is 0. The molecule has 3 unspecified atom stereocenters. The zero-order valence-electron chi connectivity index (χ0n) is 20.4. The lowest BCUT2D eigenvalue weighted by Gasteiger charge is -2.59. The van der Waals surface area contributed by atoms with Gasteiger partial charge in [-0.05, 0) is 38.0 Å². The Hall–Kier alpha value is -1.79. The Labute approximate surface area is 203 Å². The maximum Gasteiger partial charge on any atom is 0.326 e. The lowest BCUT2D eigenvalue weighted by Crippen LogP contribution is -2.70. The number of aliphatic hydroxyl groups is 1. The van der Waals surface area contributed by atoms with E-state index in [9.17, 15) is 24.6 Å². The second kappa shape index (κ2) is 8.95. The number of amides is 1. The van der Waals surface area contributed by atoms with Crippen molar-refractivity contribution in [3.05, 3.63) is 0 Å². The number of fused-ring (bicyclic) bond motifs is 2. The van der Waals surface area contributed by atoms with Crippen molar-refractivity contribution in [1.82, 2.24) is 4.90 Å². The van der Waals surface area contributed by atoms with Crippen molar-refractivity contribution in [2.75, 3.05) is 6.54 Å². The number of aliphatic hydroxyl groups excluding tert-OH is 1. The van der Waals surface area contributed by atoms with E-state index in [2.05, 4.69) is 6.92 Å². The summed E-state index contributed by atoms with van der Waals surface area (Å²) in [4.78, 5) is 49.6. The van der Waals surface area contributed by atoms with Gasteiger partial charge in [-0.1, -0.05) is 13.8 Å². The summed E-state index contributed by atoms with van der Waals surface area (Å²) in [6.45, 7) is 5.96. The van der Waals surface area contributed by atoms with Crippen LogP contribution < -0.4 is 0 Å². The molecule has 0 aromatic carbocycles. The lowest BCUT2D eigenvalue weighted by molar-refractivity contribution is -0.576. The fourth-order valence-corrected chi connectivity index (χ4v) is 6.87. The van der Waals surface area contributed by atoms with Crippen LogP contribution in [0.2, 0.25) is 0 Å². The molecule has 0 aromatic heterocycles. The molecule has 1 amide bonds. The lowest BCUT2D eigenvalue weighted by atomic mass is 9.58. The second-order valence-corrected chi connectivity index (χ2v) is 11.1. The molecule has 6 fully saturated rings. The highest BCUT2D eigenvalue weighted by Crippen LogP contribution is 2.60. The molecule has 5 saturated heterocycles. The highest BCUT2D eigenvalue weighted by Gasteiger charge is 2.69. The number of likely N-dealkylation sites (tertiary alicyclic amines) is 1. The average Bonchev–Trinajstić information content (AvgIpc) is 3.06. The third-order valence-corrected chi connectivity index (χ3v) is 8.77. The molecule has 1 saturated carbocycles. The number of hydrogen-bond donors (Lipinski definition) is 2. The number of carbonyl (C=O) groups excluding carboxylic acids is 2. The molecule has 0 aromatic rings. The van der Waals surface area contributed by atoms with E-state index in [1.54, 1.807) is 0 Å². The standard InChI is InChI=1S/C24H35NO10/c1-12-4-5-16-13(2)21(32-22-24(16)15(12)8-9-23(3,33-22)34-35-24)31-19(28)7-6-18(27)25-11-14(26)10-17(25)20(29)30/h12-17,21-22,26H,4-11H2,1-3H3,(H,29,30)/t12-,13-,14?,15+,16+,17?,21-,22-,23+,24?/m1/s1. The maximum atomic E-state index is 12.7. The van der Waals surface area contributed by atoms with Crippen LogP contribution in [0.3, 0.4) is 0 Å². The summed E-state index contributed by atoms with van der Waals surface area (Å²) in [6.07, 6.45) is 0.530. The Bertz CT molecular complexity index is 882. The fourth-order valence-electron chi connectivity index (χ4n) is 6.87. The first-order valence-corrected chi connectivity index (χ1v) is 12.6. The van der Waals surface area contributed by atoms with Crippen LogP contribution in [0.1, 0.15) is 65.7 Å². The van der Waals surface area contributed by atoms with E-state index in [0.29, 0.717) is 12.3 Å². The van der Waals surface area contributed by atoms with Crippen molar-refractivity contribution in [2.45, 2.75) is 102 Å². The van der Waals surface area contributed by atoms with E-state index in [1.165, 1.54) is 0 Å². The van der Waals surface area contributed by atoms with Gasteiger partial charge in [0.2, 0.25) is 18.0 Å². The number of carboxylic acids is 1. The van der Waals surface area contributed by atoms with Crippen LogP contribution in [-0.2, 0) is 38.4 Å². The number of carboxylic acid groups (broad SMARTS) is 1. The molecular formula is C24H35NO10. The number of β-amino-alcohol motifs (C(OH)–C–C–N with tert-alkyl or cyclic N) is 1. The highest BCUT2D eigenvalue weighted by molar-refractivity contribution is 5.86. The minimum absolute atomic E-state index is 0.00643. The van der Waals surface area contributed by atoms with E-state index >= 15 is 0 Å². The molecule has 1 aliphatic carbocycles. The third kappa shape index (κ3) is 4.15. The molecule has 0 radical (unpaired) electrons. The van der Waals surface area contributed by atoms with Crippen molar-refractivity contribution in [1.29, 1.82) is 0 Å². The van der Waals surface area contributed by atoms with Gasteiger partial charge in [-0.15, -0.1) is 0 Å². The molecular weight excluding hydrogens is 462 g/mol. The normalized spacial score (nSPS) is 46.6. The van der Waals surface area contributed by atoms with Crippen LogP contribution in [0, 0.1) is 23.7 Å². The summed E-state index contributed by atoms with van der Waals surface area (Å²) in [7, 11) is 0. The Morgan fingerprint density at radius 1 is 1.09 bits per heavy atom. The van der Waals surface area contributed by atoms with Gasteiger partial charge in [-0.2, -0.15) is 0 Å². The zero-order chi connectivity index (χ0) is 25.1. The second-order valence-electron chi connectivity index (χ2n) is 11.1. The van der Waals surface area contributed by atoms with E-state index < -0.39 is 54.0 Å². The van der Waals surface area contributed by atoms with Gasteiger partial charge in [0.1, 0.15) is 6.04 Å². The topological polar surface area (TPSA) is 141 Å². The van der Waals surface area contributed by atoms with Crippen LogP contribution in [0.4, 0.5) is 0 Å². The van der Waals surface area contributed by atoms with Gasteiger partial charge in [0.15, 0.2) is 11.9 Å². The van der Waals surface area contributed by atoms with E-state index in [-0.39, 0.29) is 43.6 Å². The van der Waals surface area contributed by atoms with Crippen molar-refractivity contribution < 1.29 is 48.6 Å². The monoisotopic (exact) mass is 497 g/mol.